The zero-order valence-corrected chi connectivity index (χ0v) is 15.1. The van der Waals surface area contributed by atoms with Gasteiger partial charge in [-0.2, -0.15) is 0 Å². The quantitative estimate of drug-likeness (QED) is 0.837. The van der Waals surface area contributed by atoms with E-state index in [2.05, 4.69) is 15.0 Å². The number of amides is 1. The van der Waals surface area contributed by atoms with Crippen LogP contribution in [-0.4, -0.2) is 19.3 Å². The molecule has 132 valence electrons. The Morgan fingerprint density at radius 2 is 1.96 bits per heavy atom. The van der Waals surface area contributed by atoms with Crippen LogP contribution in [0.15, 0.2) is 40.7 Å². The summed E-state index contributed by atoms with van der Waals surface area (Å²) in [6.07, 6.45) is 6.12. The predicted octanol–water partition coefficient (Wildman–Crippen LogP) is 3.32. The van der Waals surface area contributed by atoms with E-state index in [9.17, 15) is 13.2 Å². The molecule has 2 aliphatic carbocycles. The zero-order chi connectivity index (χ0) is 17.4. The molecule has 8 heteroatoms. The first-order valence-corrected chi connectivity index (χ1v) is 10.7. The fraction of sp³-hybridized carbons (Fsp3) is 0.412. The molecule has 4 rings (SSSR count). The third kappa shape index (κ3) is 3.41. The van der Waals surface area contributed by atoms with E-state index in [-0.39, 0.29) is 16.7 Å². The van der Waals surface area contributed by atoms with Gasteiger partial charge in [-0.15, -0.1) is 11.3 Å². The Morgan fingerprint density at radius 3 is 2.56 bits per heavy atom. The Hall–Kier alpha value is -1.93. The minimum atomic E-state index is -3.67. The molecule has 1 heterocycles. The highest BCUT2D eigenvalue weighted by molar-refractivity contribution is 7.93. The number of hydrogen-bond acceptors (Lipinski definition) is 5. The fourth-order valence-corrected chi connectivity index (χ4v) is 5.75. The first kappa shape index (κ1) is 16.5. The van der Waals surface area contributed by atoms with Crippen molar-refractivity contribution in [1.29, 1.82) is 0 Å². The SMILES string of the molecule is O=C(Nc1ccc(S(=O)(=O)Nc2nccs2)cc1)[C@@H]1C[C@H]2CC[C@@H]1C2. The molecule has 2 N–H and O–H groups in total. The Balaban J connectivity index is 1.42. The van der Waals surface area contributed by atoms with Gasteiger partial charge >= 0.3 is 0 Å². The molecule has 0 spiro atoms. The summed E-state index contributed by atoms with van der Waals surface area (Å²) in [5.74, 6) is 1.40. The van der Waals surface area contributed by atoms with Gasteiger partial charge in [0.1, 0.15) is 0 Å². The second kappa shape index (κ2) is 6.42. The van der Waals surface area contributed by atoms with Gasteiger partial charge in [0, 0.05) is 23.2 Å². The van der Waals surface area contributed by atoms with Crippen molar-refractivity contribution in [1.82, 2.24) is 4.98 Å². The average molecular weight is 377 g/mol. The molecule has 0 saturated heterocycles. The number of carbonyl (C=O) groups excluding carboxylic acids is 1. The lowest BCUT2D eigenvalue weighted by atomic mass is 9.88. The topological polar surface area (TPSA) is 88.2 Å². The summed E-state index contributed by atoms with van der Waals surface area (Å²) >= 11 is 1.22. The number of hydrogen-bond donors (Lipinski definition) is 2. The van der Waals surface area contributed by atoms with Crippen molar-refractivity contribution < 1.29 is 13.2 Å². The Kier molecular flexibility index (Phi) is 4.24. The van der Waals surface area contributed by atoms with E-state index in [1.165, 1.54) is 42.5 Å². The van der Waals surface area contributed by atoms with Gasteiger partial charge < -0.3 is 5.32 Å². The average Bonchev–Trinajstić information content (AvgIpc) is 3.32. The van der Waals surface area contributed by atoms with Crippen LogP contribution >= 0.6 is 11.3 Å². The van der Waals surface area contributed by atoms with E-state index in [4.69, 9.17) is 0 Å². The van der Waals surface area contributed by atoms with E-state index >= 15 is 0 Å². The van der Waals surface area contributed by atoms with Crippen LogP contribution in [0.4, 0.5) is 10.8 Å². The molecule has 1 aromatic heterocycles. The molecular weight excluding hydrogens is 358 g/mol. The number of nitrogens with one attached hydrogen (secondary N) is 2. The molecule has 2 aliphatic rings. The summed E-state index contributed by atoms with van der Waals surface area (Å²) in [6, 6.07) is 6.24. The van der Waals surface area contributed by atoms with Crippen LogP contribution in [-0.2, 0) is 14.8 Å². The monoisotopic (exact) mass is 377 g/mol. The number of thiazole rings is 1. The summed E-state index contributed by atoms with van der Waals surface area (Å²) in [4.78, 5) is 16.5. The molecule has 2 bridgehead atoms. The Morgan fingerprint density at radius 1 is 1.16 bits per heavy atom. The third-order valence-corrected chi connectivity index (χ3v) is 7.33. The number of benzene rings is 1. The van der Waals surface area contributed by atoms with Crippen molar-refractivity contribution in [2.75, 3.05) is 10.0 Å². The standard InChI is InChI=1S/C17H19N3O3S2/c21-16(15-10-11-1-2-12(15)9-11)19-13-3-5-14(6-4-13)25(22,23)20-17-18-7-8-24-17/h3-8,11-12,15H,1-2,9-10H2,(H,18,20)(H,19,21)/t11-,12+,15+/m0/s1. The molecule has 1 aromatic carbocycles. The minimum Gasteiger partial charge on any atom is -0.326 e. The highest BCUT2D eigenvalue weighted by atomic mass is 32.2. The maximum absolute atomic E-state index is 12.4. The van der Waals surface area contributed by atoms with E-state index in [0.717, 1.165) is 12.8 Å². The lowest BCUT2D eigenvalue weighted by Crippen LogP contribution is -2.27. The normalized spacial score (nSPS) is 25.0. The zero-order valence-electron chi connectivity index (χ0n) is 13.5. The van der Waals surface area contributed by atoms with Crippen LogP contribution in [0.3, 0.4) is 0 Å². The maximum Gasteiger partial charge on any atom is 0.263 e. The molecule has 1 amide bonds. The largest absolute Gasteiger partial charge is 0.326 e. The number of fused-ring (bicyclic) bond motifs is 2. The molecular formula is C17H19N3O3S2. The van der Waals surface area contributed by atoms with E-state index in [1.54, 1.807) is 17.5 Å². The second-order valence-electron chi connectivity index (χ2n) is 6.74. The summed E-state index contributed by atoms with van der Waals surface area (Å²) in [5.41, 5.74) is 0.626. The summed E-state index contributed by atoms with van der Waals surface area (Å²) in [5, 5.41) is 4.96. The smallest absolute Gasteiger partial charge is 0.263 e. The van der Waals surface area contributed by atoms with Gasteiger partial charge in [-0.25, -0.2) is 13.4 Å². The van der Waals surface area contributed by atoms with Crippen LogP contribution in [0.5, 0.6) is 0 Å². The van der Waals surface area contributed by atoms with Gasteiger partial charge in [0.15, 0.2) is 5.13 Å². The van der Waals surface area contributed by atoms with Gasteiger partial charge in [0.05, 0.1) is 4.90 Å². The van der Waals surface area contributed by atoms with Gasteiger partial charge in [0.2, 0.25) is 5.91 Å². The van der Waals surface area contributed by atoms with E-state index in [0.29, 0.717) is 22.7 Å². The lowest BCUT2D eigenvalue weighted by Gasteiger charge is -2.20. The number of rotatable bonds is 5. The van der Waals surface area contributed by atoms with Crippen molar-refractivity contribution in [2.24, 2.45) is 17.8 Å². The van der Waals surface area contributed by atoms with Gasteiger partial charge in [-0.1, -0.05) is 6.42 Å². The van der Waals surface area contributed by atoms with Crippen molar-refractivity contribution >= 4 is 38.1 Å². The molecule has 3 atom stereocenters. The van der Waals surface area contributed by atoms with Crippen LogP contribution in [0.25, 0.3) is 0 Å². The molecule has 2 saturated carbocycles. The highest BCUT2D eigenvalue weighted by Crippen LogP contribution is 2.48. The Bertz CT molecular complexity index is 863. The number of sulfonamides is 1. The third-order valence-electron chi connectivity index (χ3n) is 5.16. The second-order valence-corrected chi connectivity index (χ2v) is 9.31. The molecule has 2 aromatic rings. The first-order chi connectivity index (χ1) is 12.0. The van der Waals surface area contributed by atoms with Crippen LogP contribution in [0.1, 0.15) is 25.7 Å². The number of nitrogens with zero attached hydrogens (tertiary/aromatic N) is 1. The number of aromatic nitrogens is 1. The van der Waals surface area contributed by atoms with Gasteiger partial charge in [-0.3, -0.25) is 9.52 Å². The number of anilines is 2. The summed E-state index contributed by atoms with van der Waals surface area (Å²) in [7, 11) is -3.67. The van der Waals surface area contributed by atoms with Gasteiger partial charge in [0.25, 0.3) is 10.0 Å². The summed E-state index contributed by atoms with van der Waals surface area (Å²) < 4.78 is 27.0. The van der Waals surface area contributed by atoms with Crippen LogP contribution in [0.2, 0.25) is 0 Å². The lowest BCUT2D eigenvalue weighted by molar-refractivity contribution is -0.121. The predicted molar refractivity (Wildman–Crippen MR) is 96.9 cm³/mol. The molecule has 2 fully saturated rings. The number of carbonyl (C=O) groups is 1. The minimum absolute atomic E-state index is 0.0590. The molecule has 0 aliphatic heterocycles. The summed E-state index contributed by atoms with van der Waals surface area (Å²) in [6.45, 7) is 0. The van der Waals surface area contributed by atoms with Crippen molar-refractivity contribution in [3.63, 3.8) is 0 Å². The fourth-order valence-electron chi connectivity index (χ4n) is 3.97. The van der Waals surface area contributed by atoms with Crippen molar-refractivity contribution in [2.45, 2.75) is 30.6 Å². The van der Waals surface area contributed by atoms with Crippen LogP contribution in [0, 0.1) is 17.8 Å². The van der Waals surface area contributed by atoms with E-state index in [1.807, 2.05) is 0 Å². The van der Waals surface area contributed by atoms with Gasteiger partial charge in [-0.05, 0) is 55.4 Å². The van der Waals surface area contributed by atoms with Crippen LogP contribution < -0.4 is 10.0 Å². The molecule has 0 unspecified atom stereocenters. The molecule has 0 radical (unpaired) electrons. The molecule has 25 heavy (non-hydrogen) atoms. The highest BCUT2D eigenvalue weighted by Gasteiger charge is 2.43. The molecule has 6 nitrogen and oxygen atoms in total. The van der Waals surface area contributed by atoms with E-state index < -0.39 is 10.0 Å². The van der Waals surface area contributed by atoms with Crippen molar-refractivity contribution in [3.8, 4) is 0 Å². The maximum atomic E-state index is 12.4. The first-order valence-electron chi connectivity index (χ1n) is 8.34. The van der Waals surface area contributed by atoms with Crippen molar-refractivity contribution in [3.05, 3.63) is 35.8 Å². The Labute approximate surface area is 150 Å².